The van der Waals surface area contributed by atoms with Gasteiger partial charge in [0.1, 0.15) is 16.1 Å². The Kier molecular flexibility index (Phi) is 11.5. The van der Waals surface area contributed by atoms with Crippen LogP contribution in [-0.4, -0.2) is 38.2 Å². The number of carbonyl (C=O) groups is 1. The van der Waals surface area contributed by atoms with Crippen LogP contribution in [0.5, 0.6) is 23.0 Å². The third-order valence-corrected chi connectivity index (χ3v) is 7.33. The van der Waals surface area contributed by atoms with Crippen molar-refractivity contribution >= 4 is 40.3 Å². The Morgan fingerprint density at radius 2 is 1.68 bits per heavy atom. The maximum absolute atomic E-state index is 13.1. The van der Waals surface area contributed by atoms with E-state index in [1.807, 2.05) is 0 Å². The number of methoxy groups -OCH3 is 2. The van der Waals surface area contributed by atoms with E-state index >= 15 is 0 Å². The van der Waals surface area contributed by atoms with Crippen molar-refractivity contribution < 1.29 is 47.7 Å². The number of ether oxygens (including phenoxy) is 5. The summed E-state index contributed by atoms with van der Waals surface area (Å²) in [6, 6.07) is 9.48. The summed E-state index contributed by atoms with van der Waals surface area (Å²) in [6.45, 7) is -2.65. The normalized spacial score (nSPS) is 13.3. The average Bonchev–Trinajstić information content (AvgIpc) is 3.74. The number of rotatable bonds is 12. The Morgan fingerprint density at radius 3 is 2.30 bits per heavy atom. The fraction of sp³-hybridized carbons (Fsp3) is 0.333. The van der Waals surface area contributed by atoms with Crippen LogP contribution in [0.1, 0.15) is 30.1 Å². The molecule has 2 aromatic carbocycles. The lowest BCUT2D eigenvalue weighted by atomic mass is 10.0. The molecule has 0 unspecified atom stereocenters. The third-order valence-electron chi connectivity index (χ3n) is 5.91. The predicted octanol–water partition coefficient (Wildman–Crippen LogP) is 7.25. The standard InChI is InChI=1S/C27H25Cl2F2NO6S.H2O/c1-34-21-8-6-17(10-24(21)35-2)39-27(33)38-23(11-18-19(28)12-32-13-20(18)29)16-5-7-22(37-26(30)31)25(9-16)36-14-15-3-4-15;/h5-10,12-13,15,23,26H,3-4,11,14H2,1-2H3;1H2/t23-;/m0./s1. The Morgan fingerprint density at radius 1 is 1.00 bits per heavy atom. The molecule has 1 aromatic heterocycles. The highest BCUT2D eigenvalue weighted by Gasteiger charge is 2.26. The lowest BCUT2D eigenvalue weighted by molar-refractivity contribution is -0.377. The number of hydrogen-bond donors (Lipinski definition) is 0. The molecule has 1 saturated carbocycles. The summed E-state index contributed by atoms with van der Waals surface area (Å²) in [5, 5.41) is 0.0771. The van der Waals surface area contributed by atoms with Crippen molar-refractivity contribution in [3.8, 4) is 23.0 Å². The first-order valence-corrected chi connectivity index (χ1v) is 13.5. The lowest BCUT2D eigenvalue weighted by Gasteiger charge is -2.21. The van der Waals surface area contributed by atoms with Crippen molar-refractivity contribution in [2.45, 2.75) is 36.9 Å². The molecule has 40 heavy (non-hydrogen) atoms. The van der Waals surface area contributed by atoms with Crippen LogP contribution < -0.4 is 23.9 Å². The molecule has 1 atom stereocenters. The van der Waals surface area contributed by atoms with Gasteiger partial charge >= 0.3 is 11.9 Å². The van der Waals surface area contributed by atoms with Crippen molar-refractivity contribution in [1.82, 2.24) is 0 Å². The van der Waals surface area contributed by atoms with Crippen molar-refractivity contribution in [2.24, 2.45) is 5.92 Å². The number of hydrogen-bond acceptors (Lipinski definition) is 8. The second-order valence-electron chi connectivity index (χ2n) is 8.65. The van der Waals surface area contributed by atoms with E-state index in [1.165, 1.54) is 32.4 Å². The summed E-state index contributed by atoms with van der Waals surface area (Å²) < 4.78 is 53.0. The first-order valence-electron chi connectivity index (χ1n) is 11.9. The van der Waals surface area contributed by atoms with E-state index in [2.05, 4.69) is 9.72 Å². The Bertz CT molecular complexity index is 1290. The Labute approximate surface area is 244 Å². The predicted molar refractivity (Wildman–Crippen MR) is 145 cm³/mol. The number of nitrogens with one attached hydrogen (secondary N) is 1. The van der Waals surface area contributed by atoms with E-state index < -0.39 is 18.0 Å². The molecule has 1 heterocycles. The molecule has 1 fully saturated rings. The van der Waals surface area contributed by atoms with Gasteiger partial charge in [0.25, 0.3) is 0 Å². The maximum Gasteiger partial charge on any atom is 0.387 e. The minimum Gasteiger partial charge on any atom is -0.870 e. The molecule has 1 aliphatic carbocycles. The highest BCUT2D eigenvalue weighted by molar-refractivity contribution is 8.13. The van der Waals surface area contributed by atoms with Crippen LogP contribution in [-0.2, 0) is 11.2 Å². The zero-order valence-electron chi connectivity index (χ0n) is 21.5. The second kappa shape index (κ2) is 14.6. The molecule has 13 heteroatoms. The van der Waals surface area contributed by atoms with Gasteiger partial charge in [-0.15, -0.1) is 0 Å². The van der Waals surface area contributed by atoms with Gasteiger partial charge in [-0.3, -0.25) is 0 Å². The molecule has 8 nitrogen and oxygen atoms in total. The maximum atomic E-state index is 13.1. The fourth-order valence-corrected chi connectivity index (χ4v) is 4.91. The molecule has 3 aromatic rings. The molecular formula is C27H27Cl2F2NO7S. The van der Waals surface area contributed by atoms with E-state index in [4.69, 9.17) is 42.1 Å². The van der Waals surface area contributed by atoms with Crippen LogP contribution in [0, 0.1) is 5.92 Å². The molecule has 1 aliphatic rings. The fourth-order valence-electron chi connectivity index (χ4n) is 3.72. The summed E-state index contributed by atoms with van der Waals surface area (Å²) in [7, 11) is 3.01. The molecule has 4 rings (SSSR count). The molecule has 0 bridgehead atoms. The van der Waals surface area contributed by atoms with E-state index in [9.17, 15) is 13.6 Å². The molecule has 0 aliphatic heterocycles. The number of H-pyrrole nitrogens is 1. The zero-order chi connectivity index (χ0) is 27.9. The van der Waals surface area contributed by atoms with Gasteiger partial charge in [0.05, 0.1) is 20.8 Å². The zero-order valence-corrected chi connectivity index (χ0v) is 23.8. The van der Waals surface area contributed by atoms with Crippen LogP contribution in [0.4, 0.5) is 13.6 Å². The first kappa shape index (κ1) is 31.5. The number of carbonyl (C=O) groups excluding carboxylic acids is 1. The lowest BCUT2D eigenvalue weighted by Crippen LogP contribution is -2.14. The number of benzene rings is 2. The molecule has 0 radical (unpaired) electrons. The van der Waals surface area contributed by atoms with E-state index in [-0.39, 0.29) is 23.4 Å². The quantitative estimate of drug-likeness (QED) is 0.154. The van der Waals surface area contributed by atoms with Gasteiger partial charge in [0.15, 0.2) is 35.4 Å². The van der Waals surface area contributed by atoms with Crippen LogP contribution in [0.15, 0.2) is 53.7 Å². The van der Waals surface area contributed by atoms with Crippen molar-refractivity contribution in [1.29, 1.82) is 0 Å². The van der Waals surface area contributed by atoms with Crippen LogP contribution in [0.3, 0.4) is 0 Å². The van der Waals surface area contributed by atoms with E-state index in [0.717, 1.165) is 24.6 Å². The summed E-state index contributed by atoms with van der Waals surface area (Å²) in [5.74, 6) is 1.37. The van der Waals surface area contributed by atoms with Gasteiger partial charge in [0, 0.05) is 16.9 Å². The van der Waals surface area contributed by atoms with Gasteiger partial charge in [-0.1, -0.05) is 29.3 Å². The number of halogens is 4. The number of aromatic amines is 1. The van der Waals surface area contributed by atoms with Crippen molar-refractivity contribution in [3.05, 3.63) is 70.0 Å². The minimum absolute atomic E-state index is 0. The number of thioether (sulfide) groups is 1. The first-order chi connectivity index (χ1) is 18.8. The minimum atomic E-state index is -3.02. The molecular weight excluding hydrogens is 591 g/mol. The Hall–Kier alpha value is -2.99. The molecule has 0 spiro atoms. The van der Waals surface area contributed by atoms with Crippen LogP contribution >= 0.6 is 35.0 Å². The highest BCUT2D eigenvalue weighted by Crippen LogP contribution is 2.39. The molecule has 216 valence electrons. The number of pyridine rings is 1. The van der Waals surface area contributed by atoms with Crippen LogP contribution in [0.2, 0.25) is 10.0 Å². The summed E-state index contributed by atoms with van der Waals surface area (Å²) in [4.78, 5) is 16.5. The van der Waals surface area contributed by atoms with Gasteiger partial charge in [-0.25, -0.2) is 9.78 Å². The van der Waals surface area contributed by atoms with Gasteiger partial charge in [-0.05, 0) is 66.4 Å². The Balaban J connectivity index is 0.00000441. The summed E-state index contributed by atoms with van der Waals surface area (Å²) >= 11 is 13.6. The van der Waals surface area contributed by atoms with Gasteiger partial charge in [-0.2, -0.15) is 8.78 Å². The number of alkyl halides is 2. The molecule has 0 saturated heterocycles. The summed E-state index contributed by atoms with van der Waals surface area (Å²) in [6.07, 6.45) is 4.38. The van der Waals surface area contributed by atoms with Crippen molar-refractivity contribution in [2.75, 3.05) is 20.8 Å². The van der Waals surface area contributed by atoms with Gasteiger partial charge in [0.2, 0.25) is 0 Å². The van der Waals surface area contributed by atoms with Crippen LogP contribution in [0.25, 0.3) is 0 Å². The second-order valence-corrected chi connectivity index (χ2v) is 10.5. The monoisotopic (exact) mass is 617 g/mol. The average molecular weight is 618 g/mol. The van der Waals surface area contributed by atoms with E-state index in [1.54, 1.807) is 30.6 Å². The van der Waals surface area contributed by atoms with Gasteiger partial charge < -0.3 is 29.2 Å². The smallest absolute Gasteiger partial charge is 0.387 e. The van der Waals surface area contributed by atoms with E-state index in [0.29, 0.717) is 50.1 Å². The summed E-state index contributed by atoms with van der Waals surface area (Å²) in [5.41, 5.74) is 1.03. The largest absolute Gasteiger partial charge is 0.870 e. The topological polar surface area (TPSA) is 107 Å². The SMILES string of the molecule is COc1ccc(SC(=O)O[C@@H](Cc2c(Cl)c[nH+]cc2Cl)c2ccc(OC(F)F)c(OCC3CC3)c2)cc1OC.[OH-]. The highest BCUT2D eigenvalue weighted by atomic mass is 35.5. The van der Waals surface area contributed by atoms with Crippen molar-refractivity contribution in [3.63, 3.8) is 0 Å². The molecule has 2 N–H and O–H groups in total. The molecule has 0 amide bonds. The number of aromatic nitrogens is 1. The third kappa shape index (κ3) is 8.50.